The summed E-state index contributed by atoms with van der Waals surface area (Å²) in [5.74, 6) is -1.55. The summed E-state index contributed by atoms with van der Waals surface area (Å²) in [5.41, 5.74) is -0.106. The van der Waals surface area contributed by atoms with Gasteiger partial charge in [-0.2, -0.15) is 13.2 Å². The molecule has 0 spiro atoms. The van der Waals surface area contributed by atoms with Crippen LogP contribution in [0.2, 0.25) is 0 Å². The highest BCUT2D eigenvalue weighted by molar-refractivity contribution is 9.10. The Morgan fingerprint density at radius 3 is 2.68 bits per heavy atom. The van der Waals surface area contributed by atoms with E-state index in [0.717, 1.165) is 7.11 Å². The number of likely N-dealkylation sites (tertiary alicyclic amines) is 1. The third-order valence-corrected chi connectivity index (χ3v) is 3.97. The number of rotatable bonds is 3. The van der Waals surface area contributed by atoms with Crippen molar-refractivity contribution in [1.29, 1.82) is 0 Å². The van der Waals surface area contributed by atoms with Crippen LogP contribution in [0.3, 0.4) is 0 Å². The molecule has 0 bridgehead atoms. The zero-order valence-electron chi connectivity index (χ0n) is 11.6. The van der Waals surface area contributed by atoms with Gasteiger partial charge in [-0.05, 0) is 24.1 Å². The third kappa shape index (κ3) is 3.26. The van der Waals surface area contributed by atoms with Gasteiger partial charge in [0, 0.05) is 10.9 Å². The standard InChI is InChI=1S/C14H13BrF3NO3/c1-22-13(21)10-5-6-11(20)19(10)12(14(16,17)18)8-3-2-4-9(15)7-8/h2-4,7,10,12H,5-6H2,1H3. The van der Waals surface area contributed by atoms with Crippen LogP contribution in [0.4, 0.5) is 13.2 Å². The second-order valence-corrected chi connectivity index (χ2v) is 5.79. The second kappa shape index (κ2) is 6.28. The zero-order chi connectivity index (χ0) is 16.5. The molecule has 0 radical (unpaired) electrons. The van der Waals surface area contributed by atoms with Crippen LogP contribution < -0.4 is 0 Å². The van der Waals surface area contributed by atoms with Crippen LogP contribution in [0.5, 0.6) is 0 Å². The Kier molecular flexibility index (Phi) is 4.79. The van der Waals surface area contributed by atoms with Gasteiger partial charge < -0.3 is 9.64 Å². The highest BCUT2D eigenvalue weighted by Gasteiger charge is 2.52. The van der Waals surface area contributed by atoms with E-state index in [1.165, 1.54) is 18.2 Å². The fourth-order valence-electron chi connectivity index (χ4n) is 2.58. The summed E-state index contributed by atoms with van der Waals surface area (Å²) in [6, 6.07) is 2.21. The predicted octanol–water partition coefficient (Wildman–Crippen LogP) is 3.22. The molecule has 120 valence electrons. The maximum Gasteiger partial charge on any atom is 0.413 e. The third-order valence-electron chi connectivity index (χ3n) is 3.48. The molecule has 1 amide bonds. The number of hydrogen-bond acceptors (Lipinski definition) is 3. The Morgan fingerprint density at radius 2 is 2.14 bits per heavy atom. The minimum atomic E-state index is -4.70. The summed E-state index contributed by atoms with van der Waals surface area (Å²) in [6.07, 6.45) is -4.79. The number of halogens is 4. The molecule has 4 nitrogen and oxygen atoms in total. The molecular formula is C14H13BrF3NO3. The van der Waals surface area contributed by atoms with Crippen molar-refractivity contribution in [3.8, 4) is 0 Å². The van der Waals surface area contributed by atoms with Crippen molar-refractivity contribution >= 4 is 27.8 Å². The van der Waals surface area contributed by atoms with Crippen molar-refractivity contribution in [1.82, 2.24) is 4.90 Å². The Balaban J connectivity index is 2.49. The number of carbonyl (C=O) groups excluding carboxylic acids is 2. The molecule has 1 aliphatic rings. The summed E-state index contributed by atoms with van der Waals surface area (Å²) in [7, 11) is 1.09. The predicted molar refractivity (Wildman–Crippen MR) is 74.8 cm³/mol. The van der Waals surface area contributed by atoms with Crippen molar-refractivity contribution < 1.29 is 27.5 Å². The summed E-state index contributed by atoms with van der Waals surface area (Å²) in [4.78, 5) is 24.3. The monoisotopic (exact) mass is 379 g/mol. The quantitative estimate of drug-likeness (QED) is 0.757. The number of carbonyl (C=O) groups is 2. The average Bonchev–Trinajstić information content (AvgIpc) is 2.79. The van der Waals surface area contributed by atoms with Gasteiger partial charge >= 0.3 is 12.1 Å². The lowest BCUT2D eigenvalue weighted by Crippen LogP contribution is -2.47. The van der Waals surface area contributed by atoms with Crippen LogP contribution in [-0.2, 0) is 14.3 Å². The van der Waals surface area contributed by atoms with Gasteiger partial charge in [0.1, 0.15) is 6.04 Å². The highest BCUT2D eigenvalue weighted by Crippen LogP contribution is 2.42. The van der Waals surface area contributed by atoms with Crippen LogP contribution in [0, 0.1) is 0 Å². The van der Waals surface area contributed by atoms with Crippen molar-refractivity contribution in [3.63, 3.8) is 0 Å². The maximum absolute atomic E-state index is 13.5. The van der Waals surface area contributed by atoms with E-state index in [0.29, 0.717) is 9.37 Å². The molecule has 0 aromatic heterocycles. The van der Waals surface area contributed by atoms with E-state index in [-0.39, 0.29) is 18.4 Å². The molecule has 2 rings (SSSR count). The lowest BCUT2D eigenvalue weighted by atomic mass is 10.0. The van der Waals surface area contributed by atoms with Crippen molar-refractivity contribution in [3.05, 3.63) is 34.3 Å². The number of ether oxygens (including phenoxy) is 1. The molecule has 1 fully saturated rings. The van der Waals surface area contributed by atoms with Gasteiger partial charge in [0.15, 0.2) is 6.04 Å². The van der Waals surface area contributed by atoms with E-state index in [1.807, 2.05) is 0 Å². The molecule has 0 aliphatic carbocycles. The van der Waals surface area contributed by atoms with Gasteiger partial charge in [-0.25, -0.2) is 4.79 Å². The number of hydrogen-bond donors (Lipinski definition) is 0. The first-order chi connectivity index (χ1) is 10.3. The minimum Gasteiger partial charge on any atom is -0.467 e. The number of methoxy groups -OCH3 is 1. The fourth-order valence-corrected chi connectivity index (χ4v) is 2.99. The average molecular weight is 380 g/mol. The van der Waals surface area contributed by atoms with Gasteiger partial charge in [0.25, 0.3) is 0 Å². The molecule has 8 heteroatoms. The molecule has 1 saturated heterocycles. The van der Waals surface area contributed by atoms with Crippen LogP contribution in [0.15, 0.2) is 28.7 Å². The first-order valence-electron chi connectivity index (χ1n) is 6.47. The lowest BCUT2D eigenvalue weighted by molar-refractivity contribution is -0.196. The van der Waals surface area contributed by atoms with Crippen molar-refractivity contribution in [2.75, 3.05) is 7.11 Å². The lowest BCUT2D eigenvalue weighted by Gasteiger charge is -2.33. The topological polar surface area (TPSA) is 46.6 Å². The summed E-state index contributed by atoms with van der Waals surface area (Å²) >= 11 is 3.12. The first kappa shape index (κ1) is 16.8. The minimum absolute atomic E-state index is 0.0199. The Labute approximate surface area is 133 Å². The van der Waals surface area contributed by atoms with Crippen LogP contribution in [0.25, 0.3) is 0 Å². The Hall–Kier alpha value is -1.57. The van der Waals surface area contributed by atoms with Gasteiger partial charge in [-0.1, -0.05) is 28.1 Å². The zero-order valence-corrected chi connectivity index (χ0v) is 13.1. The highest BCUT2D eigenvalue weighted by atomic mass is 79.9. The molecular weight excluding hydrogens is 367 g/mol. The molecule has 2 atom stereocenters. The van der Waals surface area contributed by atoms with E-state index in [9.17, 15) is 22.8 Å². The number of alkyl halides is 3. The number of esters is 1. The first-order valence-corrected chi connectivity index (χ1v) is 7.26. The molecule has 0 saturated carbocycles. The van der Waals surface area contributed by atoms with E-state index < -0.39 is 30.1 Å². The van der Waals surface area contributed by atoms with Gasteiger partial charge in [-0.15, -0.1) is 0 Å². The van der Waals surface area contributed by atoms with Crippen LogP contribution >= 0.6 is 15.9 Å². The van der Waals surface area contributed by atoms with Gasteiger partial charge in [0.05, 0.1) is 7.11 Å². The molecule has 1 aromatic carbocycles. The molecule has 22 heavy (non-hydrogen) atoms. The van der Waals surface area contributed by atoms with Gasteiger partial charge in [-0.3, -0.25) is 4.79 Å². The molecule has 2 unspecified atom stereocenters. The van der Waals surface area contributed by atoms with Gasteiger partial charge in [0.2, 0.25) is 5.91 Å². The smallest absolute Gasteiger partial charge is 0.413 e. The maximum atomic E-state index is 13.5. The van der Waals surface area contributed by atoms with Crippen molar-refractivity contribution in [2.45, 2.75) is 31.1 Å². The Bertz CT molecular complexity index is 591. The molecule has 1 aliphatic heterocycles. The van der Waals surface area contributed by atoms with Crippen LogP contribution in [-0.4, -0.2) is 36.1 Å². The molecule has 1 heterocycles. The van der Waals surface area contributed by atoms with Crippen LogP contribution in [0.1, 0.15) is 24.4 Å². The van der Waals surface area contributed by atoms with Crippen molar-refractivity contribution in [2.24, 2.45) is 0 Å². The molecule has 0 N–H and O–H groups in total. The number of amides is 1. The second-order valence-electron chi connectivity index (χ2n) is 4.88. The van der Waals surface area contributed by atoms with E-state index >= 15 is 0 Å². The summed E-state index contributed by atoms with van der Waals surface area (Å²) < 4.78 is 45.6. The summed E-state index contributed by atoms with van der Waals surface area (Å²) in [6.45, 7) is 0. The number of benzene rings is 1. The summed E-state index contributed by atoms with van der Waals surface area (Å²) in [5, 5.41) is 0. The van der Waals surface area contributed by atoms with E-state index in [4.69, 9.17) is 0 Å². The Morgan fingerprint density at radius 1 is 1.45 bits per heavy atom. The largest absolute Gasteiger partial charge is 0.467 e. The van der Waals surface area contributed by atoms with E-state index in [1.54, 1.807) is 6.07 Å². The van der Waals surface area contributed by atoms with E-state index in [2.05, 4.69) is 20.7 Å². The fraction of sp³-hybridized carbons (Fsp3) is 0.429. The SMILES string of the molecule is COC(=O)C1CCC(=O)N1C(c1cccc(Br)c1)C(F)(F)F. The number of nitrogens with zero attached hydrogens (tertiary/aromatic N) is 1. The normalized spacial score (nSPS) is 20.1. The molecule has 1 aromatic rings.